The fraction of sp³-hybridized carbons (Fsp3) is 0.300. The Morgan fingerprint density at radius 1 is 1.07 bits per heavy atom. The van der Waals surface area contributed by atoms with Crippen molar-refractivity contribution in [2.45, 2.75) is 11.4 Å². The van der Waals surface area contributed by atoms with Gasteiger partial charge in [-0.05, 0) is 42.2 Å². The lowest BCUT2D eigenvalue weighted by molar-refractivity contribution is -0.133. The van der Waals surface area contributed by atoms with Crippen LogP contribution in [0.1, 0.15) is 15.9 Å². The highest BCUT2D eigenvalue weighted by Crippen LogP contribution is 2.30. The Balaban J connectivity index is 1.52. The average Bonchev–Trinajstić information content (AvgIpc) is 2.71. The summed E-state index contributed by atoms with van der Waals surface area (Å²) in [6.45, 7) is 1.06. The molecule has 1 aliphatic heterocycles. The van der Waals surface area contributed by atoms with Crippen molar-refractivity contribution in [2.75, 3.05) is 33.1 Å². The molecule has 0 aromatic heterocycles. The normalized spacial score (nSPS) is 12.4. The standard InChI is InChI=1S/C20H21NO5S/c1-21(12-14-3-6-16(27-2)7-4-14)19(22)13-26-20(23)15-5-8-17-18(11-15)25-10-9-24-17/h3-8,11H,9-10,12-13H2,1-2H3. The van der Waals surface area contributed by atoms with Gasteiger partial charge in [0.15, 0.2) is 18.1 Å². The Hall–Kier alpha value is -2.67. The van der Waals surface area contributed by atoms with Crippen LogP contribution in [0.25, 0.3) is 0 Å². The molecule has 1 heterocycles. The second kappa shape index (κ2) is 8.81. The Kier molecular flexibility index (Phi) is 6.24. The van der Waals surface area contributed by atoms with E-state index in [4.69, 9.17) is 14.2 Å². The van der Waals surface area contributed by atoms with Crippen LogP contribution in [0.5, 0.6) is 11.5 Å². The van der Waals surface area contributed by atoms with Crippen molar-refractivity contribution in [2.24, 2.45) is 0 Å². The summed E-state index contributed by atoms with van der Waals surface area (Å²) >= 11 is 1.67. The van der Waals surface area contributed by atoms with Crippen molar-refractivity contribution in [3.05, 3.63) is 53.6 Å². The third-order valence-electron chi connectivity index (χ3n) is 4.11. The van der Waals surface area contributed by atoms with Crippen molar-refractivity contribution in [3.8, 4) is 11.5 Å². The van der Waals surface area contributed by atoms with Gasteiger partial charge in [0, 0.05) is 18.5 Å². The van der Waals surface area contributed by atoms with Crippen molar-refractivity contribution < 1.29 is 23.8 Å². The van der Waals surface area contributed by atoms with E-state index in [1.807, 2.05) is 30.5 Å². The maximum absolute atomic E-state index is 12.2. The fourth-order valence-electron chi connectivity index (χ4n) is 2.58. The number of thioether (sulfide) groups is 1. The Labute approximate surface area is 162 Å². The molecular weight excluding hydrogens is 366 g/mol. The first-order chi connectivity index (χ1) is 13.1. The predicted molar refractivity (Wildman–Crippen MR) is 102 cm³/mol. The molecular formula is C20H21NO5S. The molecule has 0 saturated heterocycles. The van der Waals surface area contributed by atoms with Gasteiger partial charge < -0.3 is 19.1 Å². The predicted octanol–water partition coefficient (Wildman–Crippen LogP) is 3.00. The number of esters is 1. The third kappa shape index (κ3) is 4.95. The van der Waals surface area contributed by atoms with E-state index >= 15 is 0 Å². The largest absolute Gasteiger partial charge is 0.486 e. The van der Waals surface area contributed by atoms with Gasteiger partial charge in [0.1, 0.15) is 13.2 Å². The van der Waals surface area contributed by atoms with Gasteiger partial charge in [-0.2, -0.15) is 0 Å². The van der Waals surface area contributed by atoms with Crippen LogP contribution in [-0.2, 0) is 16.1 Å². The lowest BCUT2D eigenvalue weighted by Crippen LogP contribution is -2.30. The number of hydrogen-bond donors (Lipinski definition) is 0. The van der Waals surface area contributed by atoms with Crippen LogP contribution < -0.4 is 9.47 Å². The number of carbonyl (C=O) groups is 2. The smallest absolute Gasteiger partial charge is 0.338 e. The van der Waals surface area contributed by atoms with Gasteiger partial charge in [-0.1, -0.05) is 12.1 Å². The van der Waals surface area contributed by atoms with Crippen LogP contribution >= 0.6 is 11.8 Å². The SMILES string of the molecule is CSc1ccc(CN(C)C(=O)COC(=O)c2ccc3c(c2)OCCO3)cc1. The number of benzene rings is 2. The first kappa shape index (κ1) is 19.1. The fourth-order valence-corrected chi connectivity index (χ4v) is 2.99. The molecule has 0 N–H and O–H groups in total. The molecule has 0 saturated carbocycles. The summed E-state index contributed by atoms with van der Waals surface area (Å²) in [5.74, 6) is 0.266. The van der Waals surface area contributed by atoms with E-state index in [2.05, 4.69) is 0 Å². The minimum absolute atomic E-state index is 0.269. The molecule has 6 nitrogen and oxygen atoms in total. The van der Waals surface area contributed by atoms with E-state index in [0.717, 1.165) is 5.56 Å². The van der Waals surface area contributed by atoms with Crippen LogP contribution in [-0.4, -0.2) is 49.9 Å². The third-order valence-corrected chi connectivity index (χ3v) is 4.85. The zero-order valence-corrected chi connectivity index (χ0v) is 16.1. The first-order valence-corrected chi connectivity index (χ1v) is 9.73. The van der Waals surface area contributed by atoms with E-state index in [1.54, 1.807) is 37.0 Å². The van der Waals surface area contributed by atoms with Gasteiger partial charge in [0.25, 0.3) is 5.91 Å². The number of nitrogens with zero attached hydrogens (tertiary/aromatic N) is 1. The maximum Gasteiger partial charge on any atom is 0.338 e. The Bertz CT molecular complexity index is 822. The monoisotopic (exact) mass is 387 g/mol. The topological polar surface area (TPSA) is 65.1 Å². The number of amides is 1. The van der Waals surface area contributed by atoms with Crippen LogP contribution in [0.15, 0.2) is 47.4 Å². The zero-order chi connectivity index (χ0) is 19.2. The highest BCUT2D eigenvalue weighted by Gasteiger charge is 2.17. The molecule has 0 radical (unpaired) electrons. The van der Waals surface area contributed by atoms with Crippen LogP contribution in [0.4, 0.5) is 0 Å². The van der Waals surface area contributed by atoms with Gasteiger partial charge in [0.2, 0.25) is 0 Å². The lowest BCUT2D eigenvalue weighted by atomic mass is 10.2. The van der Waals surface area contributed by atoms with Gasteiger partial charge >= 0.3 is 5.97 Å². The number of fused-ring (bicyclic) bond motifs is 1. The summed E-state index contributed by atoms with van der Waals surface area (Å²) in [6.07, 6.45) is 2.01. The highest BCUT2D eigenvalue weighted by molar-refractivity contribution is 7.98. The molecule has 2 aromatic rings. The summed E-state index contributed by atoms with van der Waals surface area (Å²) in [4.78, 5) is 27.1. The van der Waals surface area contributed by atoms with E-state index < -0.39 is 5.97 Å². The molecule has 1 amide bonds. The number of rotatable bonds is 6. The number of hydrogen-bond acceptors (Lipinski definition) is 6. The minimum Gasteiger partial charge on any atom is -0.486 e. The second-order valence-corrected chi connectivity index (χ2v) is 6.91. The second-order valence-electron chi connectivity index (χ2n) is 6.03. The van der Waals surface area contributed by atoms with E-state index in [1.165, 1.54) is 9.80 Å². The lowest BCUT2D eigenvalue weighted by Gasteiger charge is -2.19. The van der Waals surface area contributed by atoms with Crippen molar-refractivity contribution >= 4 is 23.6 Å². The molecule has 27 heavy (non-hydrogen) atoms. The summed E-state index contributed by atoms with van der Waals surface area (Å²) in [5, 5.41) is 0. The van der Waals surface area contributed by atoms with Gasteiger partial charge in [-0.25, -0.2) is 4.79 Å². The van der Waals surface area contributed by atoms with Crippen molar-refractivity contribution in [1.82, 2.24) is 4.90 Å². The molecule has 1 aliphatic rings. The average molecular weight is 387 g/mol. The minimum atomic E-state index is -0.571. The van der Waals surface area contributed by atoms with Gasteiger partial charge in [-0.3, -0.25) is 4.79 Å². The van der Waals surface area contributed by atoms with Crippen LogP contribution in [0.2, 0.25) is 0 Å². The van der Waals surface area contributed by atoms with Crippen molar-refractivity contribution in [3.63, 3.8) is 0 Å². The number of likely N-dealkylation sites (N-methyl/N-ethyl adjacent to an activating group) is 1. The highest BCUT2D eigenvalue weighted by atomic mass is 32.2. The first-order valence-electron chi connectivity index (χ1n) is 8.50. The molecule has 0 unspecified atom stereocenters. The summed E-state index contributed by atoms with van der Waals surface area (Å²) in [7, 11) is 1.68. The Morgan fingerprint density at radius 2 is 1.78 bits per heavy atom. The van der Waals surface area contributed by atoms with E-state index in [0.29, 0.717) is 36.8 Å². The molecule has 0 atom stereocenters. The summed E-state index contributed by atoms with van der Waals surface area (Å²) in [6, 6.07) is 12.8. The molecule has 0 aliphatic carbocycles. The Morgan fingerprint density at radius 3 is 2.48 bits per heavy atom. The molecule has 2 aromatic carbocycles. The van der Waals surface area contributed by atoms with Gasteiger partial charge in [-0.15, -0.1) is 11.8 Å². The molecule has 142 valence electrons. The van der Waals surface area contributed by atoms with E-state index in [9.17, 15) is 9.59 Å². The van der Waals surface area contributed by atoms with Crippen molar-refractivity contribution in [1.29, 1.82) is 0 Å². The number of ether oxygens (including phenoxy) is 3. The van der Waals surface area contributed by atoms with Gasteiger partial charge in [0.05, 0.1) is 5.56 Å². The summed E-state index contributed by atoms with van der Waals surface area (Å²) < 4.78 is 16.0. The number of carbonyl (C=O) groups excluding carboxylic acids is 2. The summed E-state index contributed by atoms with van der Waals surface area (Å²) in [5.41, 5.74) is 1.34. The van der Waals surface area contributed by atoms with E-state index in [-0.39, 0.29) is 12.5 Å². The quantitative estimate of drug-likeness (QED) is 0.561. The molecule has 0 bridgehead atoms. The maximum atomic E-state index is 12.2. The molecule has 7 heteroatoms. The molecule has 3 rings (SSSR count). The molecule has 0 spiro atoms. The van der Waals surface area contributed by atoms with Crippen LogP contribution in [0, 0.1) is 0 Å². The zero-order valence-electron chi connectivity index (χ0n) is 15.3. The van der Waals surface area contributed by atoms with Crippen LogP contribution in [0.3, 0.4) is 0 Å². The molecule has 0 fully saturated rings.